The minimum Gasteiger partial charge on any atom is -0.381 e. The van der Waals surface area contributed by atoms with Gasteiger partial charge in [-0.15, -0.1) is 0 Å². The maximum absolute atomic E-state index is 11.4. The summed E-state index contributed by atoms with van der Waals surface area (Å²) < 4.78 is 11.1. The number of hydrogen-bond donors (Lipinski definition) is 2. The van der Waals surface area contributed by atoms with Gasteiger partial charge in [0.2, 0.25) is 0 Å². The lowest BCUT2D eigenvalue weighted by molar-refractivity contribution is -0.132. The van der Waals surface area contributed by atoms with E-state index in [2.05, 4.69) is 17.4 Å². The lowest BCUT2D eigenvalue weighted by atomic mass is 10.00. The number of carbonyl (C=O) groups excluding carboxylic acids is 1. The van der Waals surface area contributed by atoms with Gasteiger partial charge in [0.05, 0.1) is 6.10 Å². The van der Waals surface area contributed by atoms with E-state index in [0.29, 0.717) is 0 Å². The third-order valence-electron chi connectivity index (χ3n) is 3.97. The minimum absolute atomic E-state index is 0.146. The molecule has 6 heteroatoms. The second kappa shape index (κ2) is 7.19. The fourth-order valence-corrected chi connectivity index (χ4v) is 2.92. The Hall–Kier alpha value is -0.690. The number of nitrogens with two attached hydrogens (primary N) is 1. The predicted molar refractivity (Wildman–Crippen MR) is 71.3 cm³/mol. The molecule has 0 aromatic carbocycles. The second-order valence-electron chi connectivity index (χ2n) is 5.61. The summed E-state index contributed by atoms with van der Waals surface area (Å²) in [7, 11) is 2.12. The van der Waals surface area contributed by atoms with Crippen LogP contribution in [0.2, 0.25) is 0 Å². The average Bonchev–Trinajstić information content (AvgIpc) is 2.87. The topological polar surface area (TPSA) is 76.8 Å². The Morgan fingerprint density at radius 3 is 2.68 bits per heavy atom. The summed E-state index contributed by atoms with van der Waals surface area (Å²) in [6.07, 6.45) is 3.76. The Morgan fingerprint density at radius 1 is 1.26 bits per heavy atom. The maximum atomic E-state index is 11.4. The van der Waals surface area contributed by atoms with Crippen LogP contribution in [-0.2, 0) is 14.3 Å². The number of hydrazine groups is 1. The first kappa shape index (κ1) is 14.7. The molecule has 0 radical (unpaired) electrons. The van der Waals surface area contributed by atoms with E-state index in [1.54, 1.807) is 0 Å². The molecule has 2 heterocycles. The number of ether oxygens (including phenoxy) is 2. The zero-order valence-corrected chi connectivity index (χ0v) is 11.6. The minimum atomic E-state index is -0.369. The first-order valence-corrected chi connectivity index (χ1v) is 7.11. The van der Waals surface area contributed by atoms with E-state index < -0.39 is 0 Å². The standard InChI is InChI=1S/C13H25N3O3/c1-16(8-10-4-6-18-7-5-10)9-11-2-3-12(19-11)13(17)15-14/h10-12H,2-9,14H2,1H3,(H,15,17). The SMILES string of the molecule is CN(CC1CCOCC1)CC1CCC(C(=O)NN)O1. The highest BCUT2D eigenvalue weighted by molar-refractivity contribution is 5.80. The fraction of sp³-hybridized carbons (Fsp3) is 0.923. The van der Waals surface area contributed by atoms with Gasteiger partial charge in [-0.1, -0.05) is 0 Å². The average molecular weight is 271 g/mol. The lowest BCUT2D eigenvalue weighted by Gasteiger charge is -2.28. The van der Waals surface area contributed by atoms with Crippen molar-refractivity contribution in [2.75, 3.05) is 33.4 Å². The molecule has 0 aromatic rings. The number of carbonyl (C=O) groups is 1. The van der Waals surface area contributed by atoms with Crippen LogP contribution in [0.1, 0.15) is 25.7 Å². The fourth-order valence-electron chi connectivity index (χ4n) is 2.92. The molecule has 0 bridgehead atoms. The van der Waals surface area contributed by atoms with E-state index in [1.807, 2.05) is 0 Å². The summed E-state index contributed by atoms with van der Waals surface area (Å²) in [4.78, 5) is 13.7. The third kappa shape index (κ3) is 4.42. The first-order chi connectivity index (χ1) is 9.19. The Morgan fingerprint density at radius 2 is 2.00 bits per heavy atom. The van der Waals surface area contributed by atoms with Crippen LogP contribution in [0.25, 0.3) is 0 Å². The number of hydrogen-bond acceptors (Lipinski definition) is 5. The number of nitrogens with one attached hydrogen (secondary N) is 1. The molecule has 2 atom stereocenters. The molecular formula is C13H25N3O3. The summed E-state index contributed by atoms with van der Waals surface area (Å²) in [5, 5.41) is 0. The molecule has 0 aromatic heterocycles. The lowest BCUT2D eigenvalue weighted by Crippen LogP contribution is -2.40. The van der Waals surface area contributed by atoms with Crippen LogP contribution in [0.15, 0.2) is 0 Å². The van der Waals surface area contributed by atoms with Crippen molar-refractivity contribution in [3.63, 3.8) is 0 Å². The molecule has 3 N–H and O–H groups in total. The summed E-state index contributed by atoms with van der Waals surface area (Å²) in [6.45, 7) is 3.73. The van der Waals surface area contributed by atoms with Crippen LogP contribution in [0, 0.1) is 5.92 Å². The molecule has 0 saturated carbocycles. The van der Waals surface area contributed by atoms with Crippen molar-refractivity contribution in [3.8, 4) is 0 Å². The highest BCUT2D eigenvalue weighted by Crippen LogP contribution is 2.21. The van der Waals surface area contributed by atoms with Crippen LogP contribution < -0.4 is 11.3 Å². The summed E-state index contributed by atoms with van der Waals surface area (Å²) in [6, 6.07) is 0. The molecule has 2 aliphatic heterocycles. The number of rotatable bonds is 5. The van der Waals surface area contributed by atoms with Crippen molar-refractivity contribution in [3.05, 3.63) is 0 Å². The van der Waals surface area contributed by atoms with Gasteiger partial charge in [0.1, 0.15) is 6.10 Å². The van der Waals surface area contributed by atoms with Gasteiger partial charge in [-0.2, -0.15) is 0 Å². The van der Waals surface area contributed by atoms with Crippen molar-refractivity contribution in [1.82, 2.24) is 10.3 Å². The molecule has 2 fully saturated rings. The molecule has 2 unspecified atom stereocenters. The van der Waals surface area contributed by atoms with Crippen molar-refractivity contribution < 1.29 is 14.3 Å². The van der Waals surface area contributed by atoms with Gasteiger partial charge in [0, 0.05) is 26.3 Å². The van der Waals surface area contributed by atoms with E-state index in [4.69, 9.17) is 15.3 Å². The van der Waals surface area contributed by atoms with Crippen LogP contribution >= 0.6 is 0 Å². The van der Waals surface area contributed by atoms with E-state index in [-0.39, 0.29) is 18.1 Å². The predicted octanol–water partition coefficient (Wildman–Crippen LogP) is -0.118. The highest BCUT2D eigenvalue weighted by Gasteiger charge is 2.31. The van der Waals surface area contributed by atoms with Crippen LogP contribution in [0.3, 0.4) is 0 Å². The summed E-state index contributed by atoms with van der Waals surface area (Å²) >= 11 is 0. The van der Waals surface area contributed by atoms with Crippen molar-refractivity contribution >= 4 is 5.91 Å². The Kier molecular flexibility index (Phi) is 5.57. The Labute approximate surface area is 114 Å². The quantitative estimate of drug-likeness (QED) is 0.414. The van der Waals surface area contributed by atoms with Gasteiger partial charge in [-0.05, 0) is 38.6 Å². The van der Waals surface area contributed by atoms with Crippen LogP contribution in [-0.4, -0.2) is 56.4 Å². The monoisotopic (exact) mass is 271 g/mol. The van der Waals surface area contributed by atoms with Crippen LogP contribution in [0.5, 0.6) is 0 Å². The third-order valence-corrected chi connectivity index (χ3v) is 3.97. The van der Waals surface area contributed by atoms with Gasteiger partial charge < -0.3 is 14.4 Å². The van der Waals surface area contributed by atoms with Gasteiger partial charge in [0.25, 0.3) is 5.91 Å². The van der Waals surface area contributed by atoms with Crippen molar-refractivity contribution in [2.45, 2.75) is 37.9 Å². The zero-order valence-electron chi connectivity index (χ0n) is 11.6. The van der Waals surface area contributed by atoms with Gasteiger partial charge in [0.15, 0.2) is 0 Å². The molecule has 1 amide bonds. The van der Waals surface area contributed by atoms with E-state index in [9.17, 15) is 4.79 Å². The van der Waals surface area contributed by atoms with Gasteiger partial charge >= 0.3 is 0 Å². The first-order valence-electron chi connectivity index (χ1n) is 7.11. The smallest absolute Gasteiger partial charge is 0.263 e. The number of likely N-dealkylation sites (N-methyl/N-ethyl adjacent to an activating group) is 1. The zero-order chi connectivity index (χ0) is 13.7. The summed E-state index contributed by atoms with van der Waals surface area (Å²) in [5.74, 6) is 5.63. The van der Waals surface area contributed by atoms with Gasteiger partial charge in [-0.3, -0.25) is 10.2 Å². The molecule has 2 rings (SSSR count). The summed E-state index contributed by atoms with van der Waals surface area (Å²) in [5.41, 5.74) is 2.16. The van der Waals surface area contributed by atoms with E-state index in [0.717, 1.165) is 57.9 Å². The van der Waals surface area contributed by atoms with Crippen molar-refractivity contribution in [2.24, 2.45) is 11.8 Å². The molecule has 0 spiro atoms. The Balaban J connectivity index is 1.68. The van der Waals surface area contributed by atoms with Crippen LogP contribution in [0.4, 0.5) is 0 Å². The largest absolute Gasteiger partial charge is 0.381 e. The maximum Gasteiger partial charge on any atom is 0.263 e. The second-order valence-corrected chi connectivity index (χ2v) is 5.61. The highest BCUT2D eigenvalue weighted by atomic mass is 16.5. The normalized spacial score (nSPS) is 28.8. The molecule has 110 valence electrons. The van der Waals surface area contributed by atoms with E-state index in [1.165, 1.54) is 0 Å². The Bertz CT molecular complexity index is 295. The molecular weight excluding hydrogens is 246 g/mol. The number of amides is 1. The molecule has 2 saturated heterocycles. The number of nitrogens with zero attached hydrogens (tertiary/aromatic N) is 1. The molecule has 6 nitrogen and oxygen atoms in total. The van der Waals surface area contributed by atoms with Crippen molar-refractivity contribution in [1.29, 1.82) is 0 Å². The molecule has 19 heavy (non-hydrogen) atoms. The molecule has 2 aliphatic rings. The van der Waals surface area contributed by atoms with Gasteiger partial charge in [-0.25, -0.2) is 5.84 Å². The van der Waals surface area contributed by atoms with E-state index >= 15 is 0 Å². The molecule has 0 aliphatic carbocycles.